The first kappa shape index (κ1) is 15.6. The maximum atomic E-state index is 12.9. The lowest BCUT2D eigenvalue weighted by Gasteiger charge is -2.25. The van der Waals surface area contributed by atoms with Crippen LogP contribution in [0, 0.1) is 4.91 Å². The van der Waals surface area contributed by atoms with Crippen LogP contribution in [0.5, 0.6) is 0 Å². The first-order valence-electron chi connectivity index (χ1n) is 5.77. The summed E-state index contributed by atoms with van der Waals surface area (Å²) >= 11 is 5.84. The van der Waals surface area contributed by atoms with Crippen LogP contribution in [0.15, 0.2) is 28.7 Å². The van der Waals surface area contributed by atoms with E-state index in [-0.39, 0.29) is 17.9 Å². The van der Waals surface area contributed by atoms with Crippen LogP contribution in [0.2, 0.25) is 0 Å². The largest absolute Gasteiger partial charge is 0.396 e. The summed E-state index contributed by atoms with van der Waals surface area (Å²) in [5, 5.41) is 4.72. The van der Waals surface area contributed by atoms with E-state index < -0.39 is 12.8 Å². The summed E-state index contributed by atoms with van der Waals surface area (Å²) < 4.78 is 18.1. The van der Waals surface area contributed by atoms with Crippen molar-refractivity contribution in [2.75, 3.05) is 18.4 Å². The number of rotatable bonds is 5. The van der Waals surface area contributed by atoms with E-state index >= 15 is 0 Å². The molecule has 0 saturated heterocycles. The lowest BCUT2D eigenvalue weighted by molar-refractivity contribution is 0.394. The number of hydrogen-bond donors (Lipinski definition) is 2. The van der Waals surface area contributed by atoms with E-state index in [0.29, 0.717) is 0 Å². The van der Waals surface area contributed by atoms with Crippen molar-refractivity contribution in [2.24, 2.45) is 10.3 Å². The van der Waals surface area contributed by atoms with Gasteiger partial charge in [0, 0.05) is 19.4 Å². The number of hydrogen-bond acceptors (Lipinski definition) is 8. The van der Waals surface area contributed by atoms with Crippen LogP contribution in [-0.2, 0) is 9.09 Å². The molecule has 12 heteroatoms. The Balaban J connectivity index is 2.18. The predicted octanol–water partition coefficient (Wildman–Crippen LogP) is 1.54. The zero-order chi connectivity index (χ0) is 15.5. The topological polar surface area (TPSA) is 121 Å². The first-order chi connectivity index (χ1) is 9.94. The summed E-state index contributed by atoms with van der Waals surface area (Å²) in [7, 11) is -2.27. The van der Waals surface area contributed by atoms with E-state index in [1.54, 1.807) is 6.07 Å². The molecular formula is C9H13ClN7O3P. The van der Waals surface area contributed by atoms with Crippen molar-refractivity contribution < 1.29 is 9.09 Å². The number of halogens is 1. The highest BCUT2D eigenvalue weighted by Crippen LogP contribution is 2.60. The number of aromatic nitrogens is 2. The fourth-order valence-electron chi connectivity index (χ4n) is 1.41. The third kappa shape index (κ3) is 2.97. The molecule has 0 bridgehead atoms. The molecule has 2 heterocycles. The summed E-state index contributed by atoms with van der Waals surface area (Å²) in [6.45, 7) is 1.53. The van der Waals surface area contributed by atoms with Crippen molar-refractivity contribution in [3.8, 4) is 0 Å². The molecule has 0 spiro atoms. The quantitative estimate of drug-likeness (QED) is 0.360. The average Bonchev–Trinajstić information content (AvgIpc) is 2.78. The zero-order valence-corrected chi connectivity index (χ0v) is 12.9. The fraction of sp³-hybridized carbons (Fsp3) is 0.444. The molecule has 0 aliphatic carbocycles. The Bertz CT molecular complexity index is 600. The molecule has 1 aliphatic rings. The van der Waals surface area contributed by atoms with Crippen LogP contribution in [0.4, 0.5) is 5.95 Å². The van der Waals surface area contributed by atoms with Crippen LogP contribution in [0.3, 0.4) is 0 Å². The van der Waals surface area contributed by atoms with Crippen molar-refractivity contribution in [2.45, 2.75) is 12.2 Å². The summed E-state index contributed by atoms with van der Waals surface area (Å²) in [6.07, 6.45) is 3.02. The molecule has 1 aromatic rings. The third-order valence-electron chi connectivity index (χ3n) is 2.71. The molecule has 10 nitrogen and oxygen atoms in total. The number of aliphatic imine (C=N–C) groups is 1. The monoisotopic (exact) mass is 333 g/mol. The van der Waals surface area contributed by atoms with Crippen LogP contribution >= 0.6 is 19.1 Å². The number of amidine groups is 1. The van der Waals surface area contributed by atoms with E-state index in [0.717, 1.165) is 5.01 Å². The molecule has 114 valence electrons. The van der Waals surface area contributed by atoms with E-state index in [9.17, 15) is 9.47 Å². The number of anilines is 1. The molecule has 2 rings (SSSR count). The first-order valence-corrected chi connectivity index (χ1v) is 7.93. The molecule has 2 atom stereocenters. The molecule has 21 heavy (non-hydrogen) atoms. The number of nitrogens with one attached hydrogen (secondary N) is 2. The Hall–Kier alpha value is -1.77. The molecule has 1 aromatic heterocycles. The van der Waals surface area contributed by atoms with Crippen LogP contribution < -0.4 is 10.6 Å². The zero-order valence-electron chi connectivity index (χ0n) is 11.2. The molecular weight excluding hydrogens is 321 g/mol. The van der Waals surface area contributed by atoms with Gasteiger partial charge in [0.25, 0.3) is 0 Å². The van der Waals surface area contributed by atoms with Crippen molar-refractivity contribution >= 4 is 31.1 Å². The minimum absolute atomic E-state index is 0.0925. The van der Waals surface area contributed by atoms with Gasteiger partial charge in [0.1, 0.15) is 0 Å². The van der Waals surface area contributed by atoms with Gasteiger partial charge in [0.2, 0.25) is 5.95 Å². The normalized spacial score (nSPS) is 27.7. The summed E-state index contributed by atoms with van der Waals surface area (Å²) in [4.78, 5) is 22.4. The molecule has 1 aliphatic heterocycles. The van der Waals surface area contributed by atoms with Crippen LogP contribution in [0.1, 0.15) is 6.92 Å². The van der Waals surface area contributed by atoms with Gasteiger partial charge in [0.15, 0.2) is 5.28 Å². The Morgan fingerprint density at radius 3 is 2.76 bits per heavy atom. The van der Waals surface area contributed by atoms with Gasteiger partial charge in [-0.1, -0.05) is 0 Å². The molecule has 0 fully saturated rings. The lowest BCUT2D eigenvalue weighted by Crippen LogP contribution is -2.32. The minimum Gasteiger partial charge on any atom is -0.396 e. The fourth-order valence-corrected chi connectivity index (χ4v) is 3.44. The molecule has 0 unspecified atom stereocenters. The molecule has 0 saturated carbocycles. The highest BCUT2D eigenvalue weighted by atomic mass is 35.5. The van der Waals surface area contributed by atoms with Crippen molar-refractivity contribution in [1.29, 1.82) is 0 Å². The standard InChI is InChI=1S/C9H13ClN7O3P/c1-9(6-10)13-8(17(2)16-18)20-21(9,19)15-14-7-11-4-3-5-12-7/h3-5H,6H2,1-2H3,(H,15,19)(H,11,12,14)/t9-,21+/m1/s1. The number of hydrazine groups is 1. The third-order valence-corrected chi connectivity index (χ3v) is 5.77. The second-order valence-electron chi connectivity index (χ2n) is 4.30. The highest BCUT2D eigenvalue weighted by molar-refractivity contribution is 7.59. The second kappa shape index (κ2) is 5.92. The molecule has 2 N–H and O–H groups in total. The summed E-state index contributed by atoms with van der Waals surface area (Å²) in [6, 6.07) is 1.45. The van der Waals surface area contributed by atoms with Crippen LogP contribution in [0.25, 0.3) is 0 Å². The highest BCUT2D eigenvalue weighted by Gasteiger charge is 2.54. The van der Waals surface area contributed by atoms with Gasteiger partial charge < -0.3 is 4.52 Å². The van der Waals surface area contributed by atoms with Gasteiger partial charge >= 0.3 is 13.5 Å². The Morgan fingerprint density at radius 2 is 2.19 bits per heavy atom. The van der Waals surface area contributed by atoms with Crippen molar-refractivity contribution in [3.05, 3.63) is 23.4 Å². The van der Waals surface area contributed by atoms with Gasteiger partial charge in [-0.25, -0.2) is 15.0 Å². The Labute approximate surface area is 125 Å². The molecule has 0 aromatic carbocycles. The average molecular weight is 334 g/mol. The van der Waals surface area contributed by atoms with Crippen molar-refractivity contribution in [1.82, 2.24) is 20.2 Å². The van der Waals surface area contributed by atoms with Crippen molar-refractivity contribution in [3.63, 3.8) is 0 Å². The Morgan fingerprint density at radius 1 is 1.52 bits per heavy atom. The van der Waals surface area contributed by atoms with E-state index in [1.807, 2.05) is 0 Å². The Kier molecular flexibility index (Phi) is 4.40. The van der Waals surface area contributed by atoms with Gasteiger partial charge in [-0.2, -0.15) is 5.01 Å². The molecule has 0 radical (unpaired) electrons. The number of nitroso groups, excluding NO2 is 1. The van der Waals surface area contributed by atoms with Gasteiger partial charge in [-0.3, -0.25) is 9.99 Å². The summed E-state index contributed by atoms with van der Waals surface area (Å²) in [5.74, 6) is 0.105. The van der Waals surface area contributed by atoms with Crippen LogP contribution in [-0.4, -0.2) is 39.2 Å². The van der Waals surface area contributed by atoms with E-state index in [1.165, 1.54) is 26.4 Å². The smallest absolute Gasteiger partial charge is 0.364 e. The van der Waals surface area contributed by atoms with E-state index in [4.69, 9.17) is 16.1 Å². The maximum absolute atomic E-state index is 12.9. The second-order valence-corrected chi connectivity index (χ2v) is 7.04. The van der Waals surface area contributed by atoms with E-state index in [2.05, 4.69) is 30.9 Å². The molecule has 0 amide bonds. The van der Waals surface area contributed by atoms with Gasteiger partial charge in [-0.15, -0.1) is 21.7 Å². The lowest BCUT2D eigenvalue weighted by atomic mass is 10.4. The number of nitrogens with zero attached hydrogens (tertiary/aromatic N) is 5. The number of alkyl halides is 1. The predicted molar refractivity (Wildman–Crippen MR) is 77.6 cm³/mol. The van der Waals surface area contributed by atoms with Gasteiger partial charge in [0.05, 0.1) is 11.2 Å². The summed E-state index contributed by atoms with van der Waals surface area (Å²) in [5.41, 5.74) is 2.57. The minimum atomic E-state index is -3.60. The maximum Gasteiger partial charge on any atom is 0.364 e. The van der Waals surface area contributed by atoms with Gasteiger partial charge in [-0.05, 0) is 13.0 Å². The SMILES string of the molecule is CN(N=O)C1=N[C@@](C)(CCl)[P@@](=O)(NNc2ncccn2)O1.